The quantitative estimate of drug-likeness (QED) is 0.722. The number of nitrogens with zero attached hydrogens (tertiary/aromatic N) is 1. The molecule has 0 aliphatic rings. The van der Waals surface area contributed by atoms with Crippen LogP contribution in [0.25, 0.3) is 0 Å². The highest BCUT2D eigenvalue weighted by Gasteiger charge is 2.20. The van der Waals surface area contributed by atoms with Gasteiger partial charge in [-0.3, -0.25) is 4.79 Å². The molecule has 0 aliphatic heterocycles. The number of hydrogen-bond donors (Lipinski definition) is 2. The number of aromatic nitrogens is 1. The Morgan fingerprint density at radius 2 is 2.08 bits per heavy atom. The van der Waals surface area contributed by atoms with E-state index in [0.717, 1.165) is 17.0 Å². The van der Waals surface area contributed by atoms with E-state index in [4.69, 9.17) is 9.84 Å². The third-order valence-electron chi connectivity index (χ3n) is 3.38. The summed E-state index contributed by atoms with van der Waals surface area (Å²) in [5, 5.41) is 14.4. The predicted molar refractivity (Wildman–Crippen MR) is 91.1 cm³/mol. The average Bonchev–Trinajstić information content (AvgIpc) is 2.99. The van der Waals surface area contributed by atoms with Gasteiger partial charge in [-0.25, -0.2) is 9.78 Å². The average molecular weight is 348 g/mol. The van der Waals surface area contributed by atoms with Gasteiger partial charge in [-0.05, 0) is 5.56 Å². The third-order valence-corrected chi connectivity index (χ3v) is 4.28. The van der Waals surface area contributed by atoms with Gasteiger partial charge in [0.25, 0.3) is 0 Å². The van der Waals surface area contributed by atoms with Crippen molar-refractivity contribution in [2.24, 2.45) is 0 Å². The van der Waals surface area contributed by atoms with Crippen molar-refractivity contribution in [3.63, 3.8) is 0 Å². The molecule has 0 aliphatic carbocycles. The number of nitrogens with one attached hydrogen (secondary N) is 1. The molecule has 1 atom stereocenters. The Balaban J connectivity index is 1.89. The maximum Gasteiger partial charge on any atom is 0.326 e. The number of aliphatic carboxylic acids is 1. The Hall–Kier alpha value is -2.25. The zero-order valence-electron chi connectivity index (χ0n) is 13.4. The zero-order valence-corrected chi connectivity index (χ0v) is 14.2. The van der Waals surface area contributed by atoms with E-state index in [-0.39, 0.29) is 25.4 Å². The first-order chi connectivity index (χ1) is 11.6. The van der Waals surface area contributed by atoms with Crippen molar-refractivity contribution >= 4 is 23.2 Å². The van der Waals surface area contributed by atoms with E-state index < -0.39 is 12.0 Å². The van der Waals surface area contributed by atoms with Crippen LogP contribution in [-0.4, -0.2) is 41.7 Å². The minimum absolute atomic E-state index is 0.0715. The molecule has 0 saturated carbocycles. The molecule has 7 heteroatoms. The lowest BCUT2D eigenvalue weighted by molar-refractivity contribution is -0.142. The Labute approximate surface area is 144 Å². The maximum atomic E-state index is 12.0. The predicted octanol–water partition coefficient (Wildman–Crippen LogP) is 1.88. The minimum Gasteiger partial charge on any atom is -0.480 e. The summed E-state index contributed by atoms with van der Waals surface area (Å²) in [6, 6.07) is 9.03. The van der Waals surface area contributed by atoms with Gasteiger partial charge in [-0.15, -0.1) is 11.3 Å². The van der Waals surface area contributed by atoms with Crippen LogP contribution in [0.15, 0.2) is 35.7 Å². The van der Waals surface area contributed by atoms with Crippen LogP contribution in [0, 0.1) is 0 Å². The number of amides is 1. The Morgan fingerprint density at radius 3 is 2.75 bits per heavy atom. The first-order valence-corrected chi connectivity index (χ1v) is 8.44. The lowest BCUT2D eigenvalue weighted by atomic mass is 10.2. The van der Waals surface area contributed by atoms with Crippen molar-refractivity contribution in [3.8, 4) is 0 Å². The molecule has 0 radical (unpaired) electrons. The van der Waals surface area contributed by atoms with Gasteiger partial charge in [-0.1, -0.05) is 30.3 Å². The number of carboxylic acids is 1. The fraction of sp³-hybridized carbons (Fsp3) is 0.353. The smallest absolute Gasteiger partial charge is 0.326 e. The van der Waals surface area contributed by atoms with E-state index in [1.165, 1.54) is 18.4 Å². The van der Waals surface area contributed by atoms with Crippen LogP contribution in [0.1, 0.15) is 22.7 Å². The van der Waals surface area contributed by atoms with Gasteiger partial charge in [0.15, 0.2) is 0 Å². The van der Waals surface area contributed by atoms with Gasteiger partial charge in [0, 0.05) is 31.9 Å². The van der Waals surface area contributed by atoms with Crippen LogP contribution in [0.2, 0.25) is 0 Å². The SMILES string of the molecule is COCCC(NC(=O)Cc1csc(Cc2ccccc2)n1)C(=O)O. The van der Waals surface area contributed by atoms with E-state index in [0.29, 0.717) is 5.69 Å². The normalized spacial score (nSPS) is 11.9. The van der Waals surface area contributed by atoms with Crippen molar-refractivity contribution in [2.45, 2.75) is 25.3 Å². The number of ether oxygens (including phenoxy) is 1. The molecule has 0 bridgehead atoms. The van der Waals surface area contributed by atoms with Crippen LogP contribution in [0.4, 0.5) is 0 Å². The molecule has 0 spiro atoms. The molecule has 2 N–H and O–H groups in total. The van der Waals surface area contributed by atoms with Gasteiger partial charge in [0.2, 0.25) is 5.91 Å². The maximum absolute atomic E-state index is 12.0. The summed E-state index contributed by atoms with van der Waals surface area (Å²) in [5.74, 6) is -1.42. The van der Waals surface area contributed by atoms with E-state index >= 15 is 0 Å². The van der Waals surface area contributed by atoms with Crippen molar-refractivity contribution in [3.05, 3.63) is 52.0 Å². The van der Waals surface area contributed by atoms with Crippen LogP contribution in [0.5, 0.6) is 0 Å². The molecule has 1 aromatic heterocycles. The molecule has 2 aromatic rings. The van der Waals surface area contributed by atoms with Crippen molar-refractivity contribution < 1.29 is 19.4 Å². The highest BCUT2D eigenvalue weighted by atomic mass is 32.1. The molecule has 0 saturated heterocycles. The fourth-order valence-electron chi connectivity index (χ4n) is 2.18. The van der Waals surface area contributed by atoms with Gasteiger partial charge in [0.05, 0.1) is 17.1 Å². The number of thiazole rings is 1. The molecule has 0 fully saturated rings. The van der Waals surface area contributed by atoms with E-state index in [1.807, 2.05) is 35.7 Å². The number of rotatable bonds is 9. The lowest BCUT2D eigenvalue weighted by Crippen LogP contribution is -2.42. The number of carboxylic acid groups (broad SMARTS) is 1. The molecule has 2 rings (SSSR count). The number of benzene rings is 1. The first kappa shape index (κ1) is 18.1. The number of carbonyl (C=O) groups excluding carboxylic acids is 1. The summed E-state index contributed by atoms with van der Waals surface area (Å²) >= 11 is 1.50. The second kappa shape index (κ2) is 9.14. The number of methoxy groups -OCH3 is 1. The monoisotopic (exact) mass is 348 g/mol. The zero-order chi connectivity index (χ0) is 17.4. The van der Waals surface area contributed by atoms with Crippen LogP contribution in [0.3, 0.4) is 0 Å². The molecule has 1 amide bonds. The van der Waals surface area contributed by atoms with Gasteiger partial charge >= 0.3 is 5.97 Å². The van der Waals surface area contributed by atoms with E-state index in [2.05, 4.69) is 10.3 Å². The summed E-state index contributed by atoms with van der Waals surface area (Å²) in [6.45, 7) is 0.273. The highest BCUT2D eigenvalue weighted by molar-refractivity contribution is 7.09. The summed E-state index contributed by atoms with van der Waals surface area (Å²) < 4.78 is 4.86. The second-order valence-corrected chi connectivity index (χ2v) is 6.25. The second-order valence-electron chi connectivity index (χ2n) is 5.31. The largest absolute Gasteiger partial charge is 0.480 e. The molecule has 24 heavy (non-hydrogen) atoms. The van der Waals surface area contributed by atoms with Gasteiger partial charge in [0.1, 0.15) is 6.04 Å². The summed E-state index contributed by atoms with van der Waals surface area (Å²) in [5.41, 5.74) is 1.81. The molecule has 1 unspecified atom stereocenters. The van der Waals surface area contributed by atoms with Crippen molar-refractivity contribution in [1.82, 2.24) is 10.3 Å². The molecule has 1 heterocycles. The third kappa shape index (κ3) is 5.75. The summed E-state index contributed by atoms with van der Waals surface area (Å²) in [4.78, 5) is 27.6. The fourth-order valence-corrected chi connectivity index (χ4v) is 3.01. The Kier molecular flexibility index (Phi) is 6.89. The van der Waals surface area contributed by atoms with Crippen LogP contribution >= 0.6 is 11.3 Å². The van der Waals surface area contributed by atoms with Crippen LogP contribution in [-0.2, 0) is 27.2 Å². The first-order valence-electron chi connectivity index (χ1n) is 7.56. The molecular weight excluding hydrogens is 328 g/mol. The summed E-state index contributed by atoms with van der Waals surface area (Å²) in [6.07, 6.45) is 1.02. The molecule has 128 valence electrons. The van der Waals surface area contributed by atoms with Crippen molar-refractivity contribution in [1.29, 1.82) is 0 Å². The van der Waals surface area contributed by atoms with E-state index in [9.17, 15) is 9.59 Å². The molecular formula is C17H20N2O4S. The molecule has 1 aromatic carbocycles. The summed E-state index contributed by atoms with van der Waals surface area (Å²) in [7, 11) is 1.49. The number of hydrogen-bond acceptors (Lipinski definition) is 5. The van der Waals surface area contributed by atoms with E-state index in [1.54, 1.807) is 0 Å². The molecule has 6 nitrogen and oxygen atoms in total. The number of carbonyl (C=O) groups is 2. The van der Waals surface area contributed by atoms with Gasteiger partial charge < -0.3 is 15.2 Å². The standard InChI is InChI=1S/C17H20N2O4S/c1-23-8-7-14(17(21)22)19-15(20)10-13-11-24-16(18-13)9-12-5-3-2-4-6-12/h2-6,11,14H,7-10H2,1H3,(H,19,20)(H,21,22). The Morgan fingerprint density at radius 1 is 1.33 bits per heavy atom. The highest BCUT2D eigenvalue weighted by Crippen LogP contribution is 2.15. The Bertz CT molecular complexity index is 672. The van der Waals surface area contributed by atoms with Crippen molar-refractivity contribution in [2.75, 3.05) is 13.7 Å². The van der Waals surface area contributed by atoms with Gasteiger partial charge in [-0.2, -0.15) is 0 Å². The lowest BCUT2D eigenvalue weighted by Gasteiger charge is -2.13. The van der Waals surface area contributed by atoms with Crippen LogP contribution < -0.4 is 5.32 Å². The minimum atomic E-state index is -1.07. The topological polar surface area (TPSA) is 88.5 Å².